The molecule has 5 nitrogen and oxygen atoms in total. The average molecular weight is 397 g/mol. The molecule has 144 valence electrons. The molecular formula is C21H20FN3O2S. The second-order valence-corrected chi connectivity index (χ2v) is 7.13. The van der Waals surface area contributed by atoms with Crippen molar-refractivity contribution in [1.82, 2.24) is 10.3 Å². The number of hydrogen-bond donors (Lipinski definition) is 2. The zero-order chi connectivity index (χ0) is 19.9. The van der Waals surface area contributed by atoms with Crippen molar-refractivity contribution >= 4 is 28.8 Å². The van der Waals surface area contributed by atoms with Crippen molar-refractivity contribution in [2.24, 2.45) is 0 Å². The fourth-order valence-electron chi connectivity index (χ4n) is 2.72. The predicted octanol–water partition coefficient (Wildman–Crippen LogP) is 3.81. The van der Waals surface area contributed by atoms with Gasteiger partial charge in [-0.25, -0.2) is 9.37 Å². The monoisotopic (exact) mass is 397 g/mol. The van der Waals surface area contributed by atoms with Crippen molar-refractivity contribution < 1.29 is 14.0 Å². The van der Waals surface area contributed by atoms with Crippen LogP contribution in [0.4, 0.5) is 10.1 Å². The molecule has 0 fully saturated rings. The largest absolute Gasteiger partial charge is 0.355 e. The van der Waals surface area contributed by atoms with E-state index in [9.17, 15) is 14.0 Å². The number of anilines is 1. The van der Waals surface area contributed by atoms with Gasteiger partial charge in [-0.1, -0.05) is 30.3 Å². The van der Waals surface area contributed by atoms with Crippen LogP contribution in [0.5, 0.6) is 0 Å². The van der Waals surface area contributed by atoms with Crippen LogP contribution in [0.25, 0.3) is 10.6 Å². The van der Waals surface area contributed by atoms with Crippen molar-refractivity contribution in [3.05, 3.63) is 71.0 Å². The maximum atomic E-state index is 13.6. The number of carbonyl (C=O) groups is 2. The van der Waals surface area contributed by atoms with E-state index < -0.39 is 0 Å². The highest BCUT2D eigenvalue weighted by atomic mass is 32.1. The van der Waals surface area contributed by atoms with Crippen LogP contribution < -0.4 is 10.6 Å². The van der Waals surface area contributed by atoms with Gasteiger partial charge in [0.05, 0.1) is 12.1 Å². The third kappa shape index (κ3) is 5.47. The maximum Gasteiger partial charge on any atom is 0.226 e. The Morgan fingerprint density at radius 1 is 1.14 bits per heavy atom. The minimum Gasteiger partial charge on any atom is -0.355 e. The number of benzene rings is 2. The fraction of sp³-hybridized carbons (Fsp3) is 0.190. The molecule has 0 aliphatic heterocycles. The van der Waals surface area contributed by atoms with Crippen LogP contribution in [-0.4, -0.2) is 23.3 Å². The third-order valence-corrected chi connectivity index (χ3v) is 4.94. The number of aromatic nitrogens is 1. The second-order valence-electron chi connectivity index (χ2n) is 6.27. The number of halogens is 1. The van der Waals surface area contributed by atoms with Gasteiger partial charge in [0, 0.05) is 30.1 Å². The molecule has 1 heterocycles. The molecule has 7 heteroatoms. The summed E-state index contributed by atoms with van der Waals surface area (Å²) >= 11 is 1.44. The Labute approximate surface area is 166 Å². The highest BCUT2D eigenvalue weighted by Crippen LogP contribution is 2.26. The van der Waals surface area contributed by atoms with Gasteiger partial charge in [0.15, 0.2) is 0 Å². The Kier molecular flexibility index (Phi) is 6.49. The molecule has 0 saturated carbocycles. The molecule has 1 aromatic heterocycles. The highest BCUT2D eigenvalue weighted by Gasteiger charge is 2.10. The van der Waals surface area contributed by atoms with Crippen LogP contribution in [-0.2, 0) is 22.4 Å². The number of hydrogen-bond acceptors (Lipinski definition) is 4. The third-order valence-electron chi connectivity index (χ3n) is 4.00. The molecule has 0 saturated heterocycles. The van der Waals surface area contributed by atoms with Gasteiger partial charge < -0.3 is 10.6 Å². The summed E-state index contributed by atoms with van der Waals surface area (Å²) in [4.78, 5) is 27.8. The lowest BCUT2D eigenvalue weighted by molar-refractivity contribution is -0.120. The summed E-state index contributed by atoms with van der Waals surface area (Å²) in [6.45, 7) is 1.83. The first-order valence-corrected chi connectivity index (χ1v) is 9.72. The first-order valence-electron chi connectivity index (χ1n) is 8.84. The topological polar surface area (TPSA) is 71.1 Å². The normalized spacial score (nSPS) is 10.5. The molecule has 3 aromatic rings. The number of amides is 2. The zero-order valence-electron chi connectivity index (χ0n) is 15.4. The molecule has 2 amide bonds. The van der Waals surface area contributed by atoms with Crippen LogP contribution in [0.1, 0.15) is 18.2 Å². The molecule has 28 heavy (non-hydrogen) atoms. The first kappa shape index (κ1) is 19.7. The van der Waals surface area contributed by atoms with Gasteiger partial charge in [-0.2, -0.15) is 0 Å². The number of nitrogens with zero attached hydrogens (tertiary/aromatic N) is 1. The minimum atomic E-state index is -0.262. The number of rotatable bonds is 7. The first-order chi connectivity index (χ1) is 13.5. The van der Waals surface area contributed by atoms with Gasteiger partial charge in [-0.3, -0.25) is 9.59 Å². The quantitative estimate of drug-likeness (QED) is 0.637. The molecule has 0 aliphatic rings. The van der Waals surface area contributed by atoms with Crippen molar-refractivity contribution in [2.75, 3.05) is 11.9 Å². The Hall–Kier alpha value is -3.06. The summed E-state index contributed by atoms with van der Waals surface area (Å²) < 4.78 is 13.6. The van der Waals surface area contributed by atoms with Crippen molar-refractivity contribution in [3.8, 4) is 10.6 Å². The van der Waals surface area contributed by atoms with E-state index in [0.29, 0.717) is 29.9 Å². The lowest BCUT2D eigenvalue weighted by Crippen LogP contribution is -2.27. The zero-order valence-corrected chi connectivity index (χ0v) is 16.2. The highest BCUT2D eigenvalue weighted by molar-refractivity contribution is 7.13. The van der Waals surface area contributed by atoms with Crippen LogP contribution in [0.2, 0.25) is 0 Å². The summed E-state index contributed by atoms with van der Waals surface area (Å²) in [6, 6.07) is 13.9. The lowest BCUT2D eigenvalue weighted by atomic mass is 10.1. The fourth-order valence-corrected chi connectivity index (χ4v) is 3.54. The van der Waals surface area contributed by atoms with Gasteiger partial charge in [0.1, 0.15) is 10.8 Å². The van der Waals surface area contributed by atoms with E-state index in [1.165, 1.54) is 24.3 Å². The predicted molar refractivity (Wildman–Crippen MR) is 109 cm³/mol. The van der Waals surface area contributed by atoms with Crippen LogP contribution in [0, 0.1) is 5.82 Å². The Morgan fingerprint density at radius 3 is 2.75 bits per heavy atom. The van der Waals surface area contributed by atoms with Crippen molar-refractivity contribution in [1.29, 1.82) is 0 Å². The Balaban J connectivity index is 1.55. The number of carbonyl (C=O) groups excluding carboxylic acids is 2. The van der Waals surface area contributed by atoms with Gasteiger partial charge in [-0.05, 0) is 30.2 Å². The van der Waals surface area contributed by atoms with Crippen LogP contribution in [0.3, 0.4) is 0 Å². The summed E-state index contributed by atoms with van der Waals surface area (Å²) in [7, 11) is 0. The van der Waals surface area contributed by atoms with E-state index in [-0.39, 0.29) is 24.1 Å². The van der Waals surface area contributed by atoms with Gasteiger partial charge in [0.2, 0.25) is 11.8 Å². The van der Waals surface area contributed by atoms with Gasteiger partial charge >= 0.3 is 0 Å². The molecule has 2 aromatic carbocycles. The van der Waals surface area contributed by atoms with E-state index >= 15 is 0 Å². The molecule has 3 rings (SSSR count). The standard InChI is InChI=1S/C21H20FN3O2S/c1-14(26)24-17-7-4-6-16(11-17)21-25-18(13-28-21)12-20(27)23-10-9-15-5-2-3-8-19(15)22/h2-8,11,13H,9-10,12H2,1H3,(H,23,27)(H,24,26). The molecule has 0 aliphatic carbocycles. The second kappa shape index (κ2) is 9.23. The summed E-state index contributed by atoms with van der Waals surface area (Å²) in [5.41, 5.74) is 2.83. The lowest BCUT2D eigenvalue weighted by Gasteiger charge is -2.05. The van der Waals surface area contributed by atoms with E-state index in [0.717, 1.165) is 10.6 Å². The molecule has 0 atom stereocenters. The molecule has 0 bridgehead atoms. The van der Waals surface area contributed by atoms with Gasteiger partial charge in [0.25, 0.3) is 0 Å². The Morgan fingerprint density at radius 2 is 1.96 bits per heavy atom. The van der Waals surface area contributed by atoms with Gasteiger partial charge in [-0.15, -0.1) is 11.3 Å². The summed E-state index contributed by atoms with van der Waals surface area (Å²) in [6.07, 6.45) is 0.607. The van der Waals surface area contributed by atoms with Crippen molar-refractivity contribution in [2.45, 2.75) is 19.8 Å². The van der Waals surface area contributed by atoms with E-state index in [1.54, 1.807) is 18.2 Å². The Bertz CT molecular complexity index is 987. The molecular weight excluding hydrogens is 377 g/mol. The maximum absolute atomic E-state index is 13.6. The SMILES string of the molecule is CC(=O)Nc1cccc(-c2nc(CC(=O)NCCc3ccccc3F)cs2)c1. The summed E-state index contributed by atoms with van der Waals surface area (Å²) in [5, 5.41) is 8.16. The molecule has 0 radical (unpaired) electrons. The number of thiazole rings is 1. The summed E-state index contributed by atoms with van der Waals surface area (Å²) in [5.74, 6) is -0.549. The number of nitrogens with one attached hydrogen (secondary N) is 2. The smallest absolute Gasteiger partial charge is 0.226 e. The minimum absolute atomic E-state index is 0.135. The van der Waals surface area contributed by atoms with E-state index in [1.807, 2.05) is 29.6 Å². The van der Waals surface area contributed by atoms with Crippen LogP contribution >= 0.6 is 11.3 Å². The average Bonchev–Trinajstić information content (AvgIpc) is 3.11. The van der Waals surface area contributed by atoms with E-state index in [2.05, 4.69) is 15.6 Å². The van der Waals surface area contributed by atoms with Crippen molar-refractivity contribution in [3.63, 3.8) is 0 Å². The molecule has 2 N–H and O–H groups in total. The molecule has 0 unspecified atom stereocenters. The molecule has 0 spiro atoms. The van der Waals surface area contributed by atoms with Crippen LogP contribution in [0.15, 0.2) is 53.9 Å². The van der Waals surface area contributed by atoms with E-state index in [4.69, 9.17) is 0 Å².